The Kier molecular flexibility index (Phi) is 5.29. The number of carbonyl (C=O) groups is 1. The molecule has 160 valence electrons. The summed E-state index contributed by atoms with van der Waals surface area (Å²) >= 11 is 0. The van der Waals surface area contributed by atoms with Crippen molar-refractivity contribution in [2.75, 3.05) is 26.2 Å². The van der Waals surface area contributed by atoms with Gasteiger partial charge in [0.1, 0.15) is 18.3 Å². The van der Waals surface area contributed by atoms with Crippen LogP contribution in [-0.4, -0.2) is 67.8 Å². The van der Waals surface area contributed by atoms with Crippen LogP contribution in [0.25, 0.3) is 5.69 Å². The van der Waals surface area contributed by atoms with Crippen molar-refractivity contribution in [1.82, 2.24) is 24.6 Å². The van der Waals surface area contributed by atoms with Crippen molar-refractivity contribution in [2.24, 2.45) is 0 Å². The monoisotopic (exact) mass is 417 g/mol. The van der Waals surface area contributed by atoms with E-state index < -0.39 is 5.60 Å². The SMILES string of the molecule is O=C(c1ccccc1-n1cncn1)N1CC[C@](O)(c2ccccc2)[C@H](N2CCCC2)C1. The van der Waals surface area contributed by atoms with Gasteiger partial charge in [0, 0.05) is 13.1 Å². The summed E-state index contributed by atoms with van der Waals surface area (Å²) in [6, 6.07) is 17.3. The molecule has 1 N–H and O–H groups in total. The molecular weight excluding hydrogens is 390 g/mol. The first-order chi connectivity index (χ1) is 15.2. The zero-order valence-electron chi connectivity index (χ0n) is 17.5. The smallest absolute Gasteiger partial charge is 0.256 e. The van der Waals surface area contributed by atoms with E-state index >= 15 is 0 Å². The van der Waals surface area contributed by atoms with Gasteiger partial charge in [0.2, 0.25) is 0 Å². The van der Waals surface area contributed by atoms with Crippen LogP contribution in [0.15, 0.2) is 67.3 Å². The lowest BCUT2D eigenvalue weighted by Crippen LogP contribution is -2.61. The molecule has 5 rings (SSSR count). The Morgan fingerprint density at radius 3 is 2.48 bits per heavy atom. The second kappa shape index (κ2) is 8.24. The van der Waals surface area contributed by atoms with Crippen molar-refractivity contribution in [1.29, 1.82) is 0 Å². The van der Waals surface area contributed by atoms with Gasteiger partial charge >= 0.3 is 0 Å². The average molecular weight is 418 g/mol. The summed E-state index contributed by atoms with van der Waals surface area (Å²) in [7, 11) is 0. The van der Waals surface area contributed by atoms with E-state index in [4.69, 9.17) is 0 Å². The quantitative estimate of drug-likeness (QED) is 0.706. The summed E-state index contributed by atoms with van der Waals surface area (Å²) in [6.07, 6.45) is 5.83. The van der Waals surface area contributed by atoms with Gasteiger partial charge in [-0.25, -0.2) is 9.67 Å². The molecule has 3 aromatic rings. The van der Waals surface area contributed by atoms with Crippen molar-refractivity contribution in [2.45, 2.75) is 30.9 Å². The number of amides is 1. The van der Waals surface area contributed by atoms with Crippen molar-refractivity contribution >= 4 is 5.91 Å². The molecule has 2 atom stereocenters. The van der Waals surface area contributed by atoms with Gasteiger partial charge in [-0.3, -0.25) is 9.69 Å². The molecule has 0 saturated carbocycles. The van der Waals surface area contributed by atoms with Crippen LogP contribution >= 0.6 is 0 Å². The van der Waals surface area contributed by atoms with Crippen molar-refractivity contribution < 1.29 is 9.90 Å². The minimum atomic E-state index is -0.964. The molecule has 3 heterocycles. The predicted molar refractivity (Wildman–Crippen MR) is 117 cm³/mol. The Morgan fingerprint density at radius 2 is 1.74 bits per heavy atom. The summed E-state index contributed by atoms with van der Waals surface area (Å²) in [4.78, 5) is 21.8. The third-order valence-electron chi connectivity index (χ3n) is 6.65. The molecule has 0 radical (unpaired) electrons. The summed E-state index contributed by atoms with van der Waals surface area (Å²) in [5.41, 5.74) is 1.28. The molecular formula is C24H27N5O2. The van der Waals surface area contributed by atoms with Gasteiger partial charge in [-0.2, -0.15) is 5.10 Å². The minimum absolute atomic E-state index is 0.0367. The van der Waals surface area contributed by atoms with Crippen LogP contribution in [0, 0.1) is 0 Å². The molecule has 0 bridgehead atoms. The molecule has 7 heteroatoms. The van der Waals surface area contributed by atoms with Crippen LogP contribution in [0.4, 0.5) is 0 Å². The molecule has 0 aliphatic carbocycles. The van der Waals surface area contributed by atoms with E-state index in [0.717, 1.165) is 31.5 Å². The number of carbonyl (C=O) groups excluding carboxylic acids is 1. The Balaban J connectivity index is 1.46. The number of piperidine rings is 1. The number of aliphatic hydroxyl groups is 1. The fourth-order valence-corrected chi connectivity index (χ4v) is 5.00. The highest BCUT2D eigenvalue weighted by Gasteiger charge is 2.47. The molecule has 2 fully saturated rings. The number of benzene rings is 2. The van der Waals surface area contributed by atoms with E-state index in [1.54, 1.807) is 11.0 Å². The van der Waals surface area contributed by atoms with Gasteiger partial charge in [0.25, 0.3) is 5.91 Å². The van der Waals surface area contributed by atoms with Crippen LogP contribution in [0.2, 0.25) is 0 Å². The molecule has 2 aliphatic heterocycles. The van der Waals surface area contributed by atoms with Crippen LogP contribution in [0.1, 0.15) is 35.2 Å². The number of aromatic nitrogens is 3. The van der Waals surface area contributed by atoms with E-state index in [-0.39, 0.29) is 11.9 Å². The maximum Gasteiger partial charge on any atom is 0.256 e. The second-order valence-corrected chi connectivity index (χ2v) is 8.41. The fourth-order valence-electron chi connectivity index (χ4n) is 5.00. The molecule has 0 spiro atoms. The van der Waals surface area contributed by atoms with Gasteiger partial charge < -0.3 is 10.0 Å². The lowest BCUT2D eigenvalue weighted by atomic mass is 9.79. The van der Waals surface area contributed by atoms with Gasteiger partial charge in [-0.05, 0) is 50.0 Å². The van der Waals surface area contributed by atoms with Gasteiger partial charge in [-0.1, -0.05) is 42.5 Å². The first kappa shape index (κ1) is 19.9. The van der Waals surface area contributed by atoms with E-state index in [9.17, 15) is 9.90 Å². The molecule has 2 aliphatic rings. The normalized spacial score (nSPS) is 24.4. The molecule has 1 amide bonds. The largest absolute Gasteiger partial charge is 0.383 e. The van der Waals surface area contributed by atoms with Crippen molar-refractivity contribution in [3.8, 4) is 5.69 Å². The van der Waals surface area contributed by atoms with E-state index in [0.29, 0.717) is 30.8 Å². The van der Waals surface area contributed by atoms with E-state index in [2.05, 4.69) is 15.0 Å². The minimum Gasteiger partial charge on any atom is -0.383 e. The second-order valence-electron chi connectivity index (χ2n) is 8.41. The van der Waals surface area contributed by atoms with Crippen LogP contribution in [0.5, 0.6) is 0 Å². The summed E-state index contributed by atoms with van der Waals surface area (Å²) < 4.78 is 1.62. The Hall–Kier alpha value is -3.03. The zero-order valence-corrected chi connectivity index (χ0v) is 17.5. The average Bonchev–Trinajstić information content (AvgIpc) is 3.54. The van der Waals surface area contributed by atoms with Crippen molar-refractivity contribution in [3.63, 3.8) is 0 Å². The molecule has 2 aromatic carbocycles. The predicted octanol–water partition coefficient (Wildman–Crippen LogP) is 2.47. The molecule has 0 unspecified atom stereocenters. The Morgan fingerprint density at radius 1 is 1.00 bits per heavy atom. The lowest BCUT2D eigenvalue weighted by Gasteiger charge is -2.48. The van der Waals surface area contributed by atoms with Gasteiger partial charge in [0.05, 0.1) is 17.3 Å². The molecule has 2 saturated heterocycles. The van der Waals surface area contributed by atoms with Gasteiger partial charge in [-0.15, -0.1) is 0 Å². The number of para-hydroxylation sites is 1. The van der Waals surface area contributed by atoms with E-state index in [1.807, 2.05) is 59.5 Å². The Bertz CT molecular complexity index is 1030. The maximum atomic E-state index is 13.6. The molecule has 31 heavy (non-hydrogen) atoms. The standard InChI is InChI=1S/C24H27N5O2/c30-23(20-10-4-5-11-21(20)29-18-25-17-26-29)28-15-12-24(31,19-8-2-1-3-9-19)22(16-28)27-13-6-7-14-27/h1-5,8-11,17-18,22,31H,6-7,12-16H2/t22-,24+/m1/s1. The highest BCUT2D eigenvalue weighted by Crippen LogP contribution is 2.38. The number of hydrogen-bond donors (Lipinski definition) is 1. The lowest BCUT2D eigenvalue weighted by molar-refractivity contribution is -0.0878. The number of rotatable bonds is 4. The third kappa shape index (κ3) is 3.64. The first-order valence-corrected chi connectivity index (χ1v) is 10.9. The van der Waals surface area contributed by atoms with Gasteiger partial charge in [0.15, 0.2) is 0 Å². The summed E-state index contributed by atoms with van der Waals surface area (Å²) in [6.45, 7) is 2.91. The van der Waals surface area contributed by atoms with Crippen molar-refractivity contribution in [3.05, 3.63) is 78.4 Å². The topological polar surface area (TPSA) is 74.5 Å². The summed E-state index contributed by atoms with van der Waals surface area (Å²) in [5.74, 6) is -0.0367. The first-order valence-electron chi connectivity index (χ1n) is 10.9. The molecule has 1 aromatic heterocycles. The molecule has 7 nitrogen and oxygen atoms in total. The maximum absolute atomic E-state index is 13.6. The fraction of sp³-hybridized carbons (Fsp3) is 0.375. The number of hydrogen-bond acceptors (Lipinski definition) is 5. The summed E-state index contributed by atoms with van der Waals surface area (Å²) in [5, 5.41) is 16.0. The highest BCUT2D eigenvalue weighted by atomic mass is 16.3. The van der Waals surface area contributed by atoms with E-state index in [1.165, 1.54) is 6.33 Å². The Labute approximate surface area is 181 Å². The number of likely N-dealkylation sites (tertiary alicyclic amines) is 2. The number of nitrogens with zero attached hydrogens (tertiary/aromatic N) is 5. The van der Waals surface area contributed by atoms with Crippen LogP contribution < -0.4 is 0 Å². The van der Waals surface area contributed by atoms with Crippen LogP contribution in [0.3, 0.4) is 0 Å². The highest BCUT2D eigenvalue weighted by molar-refractivity contribution is 5.97. The van der Waals surface area contributed by atoms with Crippen LogP contribution in [-0.2, 0) is 5.60 Å². The third-order valence-corrected chi connectivity index (χ3v) is 6.65. The zero-order chi connectivity index (χ0) is 21.3.